The van der Waals surface area contributed by atoms with Gasteiger partial charge in [-0.15, -0.1) is 0 Å². The molecular weight excluding hydrogens is 156 g/mol. The van der Waals surface area contributed by atoms with E-state index < -0.39 is 0 Å². The summed E-state index contributed by atoms with van der Waals surface area (Å²) in [4.78, 5) is 10.6. The number of hydrogen-bond donors (Lipinski definition) is 1. The Hall–Kier alpha value is -1.51. The normalized spacial score (nSPS) is 13.7. The topological polar surface area (TPSA) is 46.5 Å². The van der Waals surface area contributed by atoms with Gasteiger partial charge in [0, 0.05) is 12.0 Å². The van der Waals surface area contributed by atoms with Crippen molar-refractivity contribution in [1.29, 1.82) is 0 Å². The number of fused-ring (bicyclic) bond motifs is 1. The van der Waals surface area contributed by atoms with E-state index in [1.54, 1.807) is 6.07 Å². The second-order valence-corrected chi connectivity index (χ2v) is 2.69. The van der Waals surface area contributed by atoms with Crippen LogP contribution in [0.4, 0.5) is 0 Å². The molecule has 0 unspecified atom stereocenters. The second-order valence-electron chi connectivity index (χ2n) is 2.69. The zero-order chi connectivity index (χ0) is 8.55. The fourth-order valence-electron chi connectivity index (χ4n) is 1.42. The number of benzene rings is 1. The van der Waals surface area contributed by atoms with Crippen LogP contribution in [0.2, 0.25) is 0 Å². The van der Waals surface area contributed by atoms with E-state index in [2.05, 4.69) is 0 Å². The number of aromatic hydroxyl groups is 1. The Morgan fingerprint density at radius 2 is 2.33 bits per heavy atom. The van der Waals surface area contributed by atoms with Crippen LogP contribution in [0.3, 0.4) is 0 Å². The summed E-state index contributed by atoms with van der Waals surface area (Å²) in [6.45, 7) is 0.597. The summed E-state index contributed by atoms with van der Waals surface area (Å²) >= 11 is 0. The van der Waals surface area contributed by atoms with E-state index in [0.717, 1.165) is 11.3 Å². The lowest BCUT2D eigenvalue weighted by atomic mass is 10.1. The molecule has 0 saturated heterocycles. The van der Waals surface area contributed by atoms with Gasteiger partial charge in [0.15, 0.2) is 6.29 Å². The first-order valence-corrected chi connectivity index (χ1v) is 3.76. The predicted octanol–water partition coefficient (Wildman–Crippen LogP) is 1.14. The zero-order valence-electron chi connectivity index (χ0n) is 6.41. The van der Waals surface area contributed by atoms with Crippen molar-refractivity contribution in [2.24, 2.45) is 0 Å². The Morgan fingerprint density at radius 3 is 3.08 bits per heavy atom. The molecule has 2 rings (SSSR count). The first-order chi connectivity index (χ1) is 5.83. The number of ether oxygens (including phenoxy) is 1. The molecule has 1 aromatic rings. The maximum absolute atomic E-state index is 10.6. The van der Waals surface area contributed by atoms with Crippen molar-refractivity contribution in [1.82, 2.24) is 0 Å². The quantitative estimate of drug-likeness (QED) is 0.633. The molecule has 1 N–H and O–H groups in total. The van der Waals surface area contributed by atoms with E-state index in [1.807, 2.05) is 0 Å². The first kappa shape index (κ1) is 7.16. The molecule has 1 aliphatic heterocycles. The average Bonchev–Trinajstić information content (AvgIpc) is 2.52. The van der Waals surface area contributed by atoms with Gasteiger partial charge in [-0.2, -0.15) is 0 Å². The monoisotopic (exact) mass is 164 g/mol. The van der Waals surface area contributed by atoms with Crippen molar-refractivity contribution >= 4 is 6.29 Å². The molecule has 0 amide bonds. The van der Waals surface area contributed by atoms with E-state index in [1.165, 1.54) is 6.07 Å². The summed E-state index contributed by atoms with van der Waals surface area (Å²) in [6.07, 6.45) is 1.38. The molecule has 0 spiro atoms. The molecule has 0 radical (unpaired) electrons. The van der Waals surface area contributed by atoms with E-state index >= 15 is 0 Å². The highest BCUT2D eigenvalue weighted by atomic mass is 16.5. The number of hydrogen-bond acceptors (Lipinski definition) is 3. The molecule has 12 heavy (non-hydrogen) atoms. The van der Waals surface area contributed by atoms with Gasteiger partial charge >= 0.3 is 0 Å². The van der Waals surface area contributed by atoms with Gasteiger partial charge in [-0.3, -0.25) is 4.79 Å². The fraction of sp³-hybridized carbons (Fsp3) is 0.222. The van der Waals surface area contributed by atoms with Crippen LogP contribution in [0.1, 0.15) is 15.9 Å². The Morgan fingerprint density at radius 1 is 1.50 bits per heavy atom. The molecule has 3 heteroatoms. The maximum Gasteiger partial charge on any atom is 0.154 e. The average molecular weight is 164 g/mol. The summed E-state index contributed by atoms with van der Waals surface area (Å²) in [5, 5.41) is 9.29. The van der Waals surface area contributed by atoms with Crippen molar-refractivity contribution in [3.63, 3.8) is 0 Å². The molecule has 0 saturated carbocycles. The lowest BCUT2D eigenvalue weighted by Crippen LogP contribution is -1.89. The molecule has 0 aliphatic carbocycles. The molecule has 3 nitrogen and oxygen atoms in total. The van der Waals surface area contributed by atoms with Gasteiger partial charge in [-0.25, -0.2) is 0 Å². The van der Waals surface area contributed by atoms with Crippen LogP contribution in [0, 0.1) is 0 Å². The van der Waals surface area contributed by atoms with E-state index in [4.69, 9.17) is 4.74 Å². The van der Waals surface area contributed by atoms with Crippen LogP contribution in [-0.2, 0) is 6.42 Å². The third-order valence-electron chi connectivity index (χ3n) is 2.02. The Labute approximate surface area is 69.6 Å². The summed E-state index contributed by atoms with van der Waals surface area (Å²) in [5.41, 5.74) is 1.19. The molecule has 1 aliphatic rings. The van der Waals surface area contributed by atoms with Gasteiger partial charge in [0.1, 0.15) is 11.5 Å². The first-order valence-electron chi connectivity index (χ1n) is 3.76. The van der Waals surface area contributed by atoms with Crippen LogP contribution >= 0.6 is 0 Å². The minimum Gasteiger partial charge on any atom is -0.507 e. The smallest absolute Gasteiger partial charge is 0.154 e. The number of aldehydes is 1. The summed E-state index contributed by atoms with van der Waals surface area (Å²) in [6, 6.07) is 3.17. The second kappa shape index (κ2) is 2.52. The van der Waals surface area contributed by atoms with Crippen LogP contribution in [0.25, 0.3) is 0 Å². The minimum atomic E-state index is 0.0363. The standard InChI is InChI=1S/C9H8O3/c10-5-7-6-3-4-12-9(6)2-1-8(7)11/h1-2,5,11H,3-4H2. The Kier molecular flexibility index (Phi) is 1.50. The van der Waals surface area contributed by atoms with Crippen LogP contribution in [0.15, 0.2) is 12.1 Å². The highest BCUT2D eigenvalue weighted by Crippen LogP contribution is 2.32. The summed E-state index contributed by atoms with van der Waals surface area (Å²) in [7, 11) is 0. The Bertz CT molecular complexity index is 331. The lowest BCUT2D eigenvalue weighted by Gasteiger charge is -2.02. The summed E-state index contributed by atoms with van der Waals surface area (Å²) in [5.74, 6) is 0.754. The third kappa shape index (κ3) is 0.863. The Balaban J connectivity index is 2.65. The van der Waals surface area contributed by atoms with Crippen molar-refractivity contribution in [2.45, 2.75) is 6.42 Å². The van der Waals surface area contributed by atoms with Gasteiger partial charge in [-0.1, -0.05) is 0 Å². The predicted molar refractivity (Wildman–Crippen MR) is 42.7 cm³/mol. The number of rotatable bonds is 1. The zero-order valence-corrected chi connectivity index (χ0v) is 6.41. The molecule has 0 fully saturated rings. The number of phenolic OH excluding ortho intramolecular Hbond substituents is 1. The number of phenols is 1. The molecule has 1 aromatic carbocycles. The molecule has 62 valence electrons. The van der Waals surface area contributed by atoms with Crippen LogP contribution in [-0.4, -0.2) is 18.0 Å². The summed E-state index contributed by atoms with van der Waals surface area (Å²) < 4.78 is 5.23. The molecule has 1 heterocycles. The molecular formula is C9H8O3. The fourth-order valence-corrected chi connectivity index (χ4v) is 1.42. The minimum absolute atomic E-state index is 0.0363. The largest absolute Gasteiger partial charge is 0.507 e. The van der Waals surface area contributed by atoms with Crippen molar-refractivity contribution < 1.29 is 14.6 Å². The van der Waals surface area contributed by atoms with Crippen molar-refractivity contribution in [3.8, 4) is 11.5 Å². The van der Waals surface area contributed by atoms with Gasteiger partial charge in [0.2, 0.25) is 0 Å². The van der Waals surface area contributed by atoms with Crippen molar-refractivity contribution in [3.05, 3.63) is 23.3 Å². The lowest BCUT2D eigenvalue weighted by molar-refractivity contribution is 0.112. The SMILES string of the molecule is O=Cc1c(O)ccc2c1CCO2. The third-order valence-corrected chi connectivity index (χ3v) is 2.02. The van der Waals surface area contributed by atoms with Crippen LogP contribution in [0.5, 0.6) is 11.5 Å². The molecule has 0 aromatic heterocycles. The highest BCUT2D eigenvalue weighted by molar-refractivity contribution is 5.83. The van der Waals surface area contributed by atoms with E-state index in [9.17, 15) is 9.90 Å². The van der Waals surface area contributed by atoms with E-state index in [-0.39, 0.29) is 5.75 Å². The van der Waals surface area contributed by atoms with E-state index in [0.29, 0.717) is 24.9 Å². The molecule has 0 atom stereocenters. The van der Waals surface area contributed by atoms with Gasteiger partial charge in [0.25, 0.3) is 0 Å². The van der Waals surface area contributed by atoms with Gasteiger partial charge in [0.05, 0.1) is 12.2 Å². The van der Waals surface area contributed by atoms with Crippen molar-refractivity contribution in [2.75, 3.05) is 6.61 Å². The number of carbonyl (C=O) groups excluding carboxylic acids is 1. The molecule has 0 bridgehead atoms. The van der Waals surface area contributed by atoms with Crippen LogP contribution < -0.4 is 4.74 Å². The maximum atomic E-state index is 10.6. The van der Waals surface area contributed by atoms with Gasteiger partial charge in [-0.05, 0) is 12.1 Å². The number of carbonyl (C=O) groups is 1. The van der Waals surface area contributed by atoms with Gasteiger partial charge < -0.3 is 9.84 Å². The highest BCUT2D eigenvalue weighted by Gasteiger charge is 2.18.